The van der Waals surface area contributed by atoms with E-state index in [0.717, 1.165) is 22.2 Å². The maximum Gasteiger partial charge on any atom is 0.332 e. The van der Waals surface area contributed by atoms with E-state index in [1.54, 1.807) is 23.3 Å². The lowest BCUT2D eigenvalue weighted by atomic mass is 10.2. The molecule has 0 unspecified atom stereocenters. The first kappa shape index (κ1) is 21.1. The van der Waals surface area contributed by atoms with Crippen LogP contribution in [0.15, 0.2) is 32.3 Å². The van der Waals surface area contributed by atoms with Gasteiger partial charge in [0.15, 0.2) is 11.2 Å². The van der Waals surface area contributed by atoms with Crippen molar-refractivity contribution in [2.75, 3.05) is 7.11 Å². The van der Waals surface area contributed by atoms with Gasteiger partial charge in [-0.05, 0) is 52.5 Å². The molecule has 8 heteroatoms. The Bertz CT molecular complexity index is 1190. The van der Waals surface area contributed by atoms with Crippen LogP contribution in [0, 0.1) is 0 Å². The molecule has 154 valence electrons. The van der Waals surface area contributed by atoms with E-state index in [-0.39, 0.29) is 11.2 Å². The van der Waals surface area contributed by atoms with Crippen LogP contribution in [-0.4, -0.2) is 25.8 Å². The topological polar surface area (TPSA) is 71.1 Å². The summed E-state index contributed by atoms with van der Waals surface area (Å²) in [4.78, 5) is 30.4. The Labute approximate surface area is 177 Å². The molecule has 2 heterocycles. The van der Waals surface area contributed by atoms with Gasteiger partial charge < -0.3 is 9.30 Å². The average molecular weight is 461 g/mol. The highest BCUT2D eigenvalue weighted by Gasteiger charge is 2.18. The van der Waals surface area contributed by atoms with Crippen LogP contribution in [0.3, 0.4) is 0 Å². The Morgan fingerprint density at radius 3 is 2.41 bits per heavy atom. The zero-order chi connectivity index (χ0) is 21.1. The molecule has 0 radical (unpaired) electrons. The summed E-state index contributed by atoms with van der Waals surface area (Å²) in [5.41, 5.74) is 1.26. The predicted octanol–water partition coefficient (Wildman–Crippen LogP) is 3.66. The largest absolute Gasteiger partial charge is 0.496 e. The van der Waals surface area contributed by atoms with Gasteiger partial charge in [-0.3, -0.25) is 13.9 Å². The van der Waals surface area contributed by atoms with Crippen LogP contribution in [-0.2, 0) is 20.1 Å². The fourth-order valence-corrected chi connectivity index (χ4v) is 3.89. The molecule has 0 atom stereocenters. The number of aromatic nitrogens is 4. The lowest BCUT2D eigenvalue weighted by Gasteiger charge is -2.10. The van der Waals surface area contributed by atoms with Gasteiger partial charge in [0.2, 0.25) is 0 Å². The van der Waals surface area contributed by atoms with E-state index in [1.807, 2.05) is 44.2 Å². The molecule has 0 fully saturated rings. The normalized spacial score (nSPS) is 11.6. The number of aryl methyl sites for hydroxylation is 2. The smallest absolute Gasteiger partial charge is 0.332 e. The third-order valence-electron chi connectivity index (χ3n) is 4.77. The summed E-state index contributed by atoms with van der Waals surface area (Å²) in [5, 5.41) is 0. The zero-order valence-corrected chi connectivity index (χ0v) is 18.7. The van der Waals surface area contributed by atoms with Gasteiger partial charge in [-0.15, -0.1) is 0 Å². The summed E-state index contributed by atoms with van der Waals surface area (Å²) in [6, 6.07) is 5.75. The molecule has 29 heavy (non-hydrogen) atoms. The van der Waals surface area contributed by atoms with Crippen LogP contribution < -0.4 is 16.0 Å². The van der Waals surface area contributed by atoms with Crippen LogP contribution in [0.4, 0.5) is 0 Å². The van der Waals surface area contributed by atoms with E-state index < -0.39 is 0 Å². The molecule has 1 aromatic carbocycles. The molecule has 0 aliphatic rings. The Kier molecular flexibility index (Phi) is 6.42. The van der Waals surface area contributed by atoms with Crippen molar-refractivity contribution in [3.8, 4) is 5.75 Å². The standard InChI is InChI=1S/C21H25BrN4O3/c1-5-11-25-19-18(20(27)26(12-6-2)21(25)28)24(3)17(23-19)10-8-14-7-9-16(29-4)15(22)13-14/h7-10,13H,5-6,11-12H2,1-4H3/b10-8+. The Morgan fingerprint density at radius 2 is 1.79 bits per heavy atom. The molecular formula is C21H25BrN4O3. The van der Waals surface area contributed by atoms with E-state index in [1.165, 1.54) is 4.57 Å². The molecule has 3 aromatic rings. The number of nitrogens with zero attached hydrogens (tertiary/aromatic N) is 4. The second kappa shape index (κ2) is 8.82. The Morgan fingerprint density at radius 1 is 1.10 bits per heavy atom. The van der Waals surface area contributed by atoms with E-state index in [2.05, 4.69) is 20.9 Å². The number of rotatable bonds is 7. The highest BCUT2D eigenvalue weighted by molar-refractivity contribution is 9.10. The van der Waals surface area contributed by atoms with Gasteiger partial charge in [-0.1, -0.05) is 26.0 Å². The molecular weight excluding hydrogens is 436 g/mol. The first-order valence-electron chi connectivity index (χ1n) is 9.64. The molecule has 0 N–H and O–H groups in total. The second-order valence-corrected chi connectivity index (χ2v) is 7.67. The van der Waals surface area contributed by atoms with Gasteiger partial charge in [0.25, 0.3) is 5.56 Å². The number of hydrogen-bond acceptors (Lipinski definition) is 4. The lowest BCUT2D eigenvalue weighted by molar-refractivity contribution is 0.412. The Balaban J connectivity index is 2.15. The molecule has 0 spiro atoms. The van der Waals surface area contributed by atoms with Crippen LogP contribution in [0.1, 0.15) is 38.1 Å². The van der Waals surface area contributed by atoms with E-state index in [9.17, 15) is 9.59 Å². The lowest BCUT2D eigenvalue weighted by Crippen LogP contribution is -2.40. The van der Waals surface area contributed by atoms with Gasteiger partial charge in [0.1, 0.15) is 11.6 Å². The fraction of sp³-hybridized carbons (Fsp3) is 0.381. The first-order valence-corrected chi connectivity index (χ1v) is 10.4. The van der Waals surface area contributed by atoms with E-state index >= 15 is 0 Å². The molecule has 0 amide bonds. The molecule has 0 bridgehead atoms. The molecule has 2 aromatic heterocycles. The van der Waals surface area contributed by atoms with Crippen LogP contribution in [0.5, 0.6) is 5.75 Å². The summed E-state index contributed by atoms with van der Waals surface area (Å²) in [6.45, 7) is 4.86. The van der Waals surface area contributed by atoms with Gasteiger partial charge >= 0.3 is 5.69 Å². The van der Waals surface area contributed by atoms with Crippen molar-refractivity contribution < 1.29 is 4.74 Å². The van der Waals surface area contributed by atoms with Gasteiger partial charge in [0, 0.05) is 20.1 Å². The third kappa shape index (κ3) is 3.94. The van der Waals surface area contributed by atoms with Crippen molar-refractivity contribution >= 4 is 39.2 Å². The summed E-state index contributed by atoms with van der Waals surface area (Å²) in [6.07, 6.45) is 5.25. The summed E-state index contributed by atoms with van der Waals surface area (Å²) < 4.78 is 10.8. The average Bonchev–Trinajstić information content (AvgIpc) is 3.03. The molecule has 0 aliphatic carbocycles. The number of benzene rings is 1. The van der Waals surface area contributed by atoms with Crippen molar-refractivity contribution in [2.24, 2.45) is 7.05 Å². The zero-order valence-electron chi connectivity index (χ0n) is 17.1. The minimum Gasteiger partial charge on any atom is -0.496 e. The van der Waals surface area contributed by atoms with Crippen molar-refractivity contribution in [1.29, 1.82) is 0 Å². The number of halogens is 1. The van der Waals surface area contributed by atoms with E-state index in [0.29, 0.717) is 36.5 Å². The van der Waals surface area contributed by atoms with Gasteiger partial charge in [0.05, 0.1) is 11.6 Å². The summed E-state index contributed by atoms with van der Waals surface area (Å²) in [5.74, 6) is 1.37. The first-order chi connectivity index (χ1) is 13.9. The van der Waals surface area contributed by atoms with E-state index in [4.69, 9.17) is 4.74 Å². The van der Waals surface area contributed by atoms with Crippen molar-refractivity contribution in [3.05, 3.63) is 54.9 Å². The SMILES string of the molecule is CCCn1c(=O)c2c(nc(/C=C/c3ccc(OC)c(Br)c3)n2C)n(CCC)c1=O. The minimum absolute atomic E-state index is 0.291. The van der Waals surface area contributed by atoms with Crippen molar-refractivity contribution in [2.45, 2.75) is 39.8 Å². The minimum atomic E-state index is -0.293. The molecule has 7 nitrogen and oxygen atoms in total. The number of ether oxygens (including phenoxy) is 1. The fourth-order valence-electron chi connectivity index (χ4n) is 3.33. The van der Waals surface area contributed by atoms with Crippen LogP contribution in [0.2, 0.25) is 0 Å². The summed E-state index contributed by atoms with van der Waals surface area (Å²) in [7, 11) is 3.42. The maximum atomic E-state index is 13.0. The van der Waals surface area contributed by atoms with Crippen LogP contribution in [0.25, 0.3) is 23.3 Å². The predicted molar refractivity (Wildman–Crippen MR) is 119 cm³/mol. The Hall–Kier alpha value is -2.61. The second-order valence-electron chi connectivity index (χ2n) is 6.82. The molecule has 0 saturated carbocycles. The highest BCUT2D eigenvalue weighted by atomic mass is 79.9. The monoisotopic (exact) mass is 460 g/mol. The van der Waals surface area contributed by atoms with Gasteiger partial charge in [-0.2, -0.15) is 0 Å². The van der Waals surface area contributed by atoms with Crippen LogP contribution >= 0.6 is 15.9 Å². The highest BCUT2D eigenvalue weighted by Crippen LogP contribution is 2.26. The summed E-state index contributed by atoms with van der Waals surface area (Å²) >= 11 is 3.48. The molecule has 0 aliphatic heterocycles. The quantitative estimate of drug-likeness (QED) is 0.539. The third-order valence-corrected chi connectivity index (χ3v) is 5.39. The van der Waals surface area contributed by atoms with Crippen molar-refractivity contribution in [1.82, 2.24) is 18.7 Å². The molecule has 3 rings (SSSR count). The van der Waals surface area contributed by atoms with Gasteiger partial charge in [-0.25, -0.2) is 9.78 Å². The number of methoxy groups -OCH3 is 1. The number of imidazole rings is 1. The molecule has 0 saturated heterocycles. The maximum absolute atomic E-state index is 13.0. The van der Waals surface area contributed by atoms with Crippen molar-refractivity contribution in [3.63, 3.8) is 0 Å². The number of fused-ring (bicyclic) bond motifs is 1. The number of hydrogen-bond donors (Lipinski definition) is 0.